The van der Waals surface area contributed by atoms with Gasteiger partial charge in [-0.1, -0.05) is 12.8 Å². The van der Waals surface area contributed by atoms with Gasteiger partial charge in [-0.25, -0.2) is 9.97 Å². The molecule has 1 aliphatic rings. The summed E-state index contributed by atoms with van der Waals surface area (Å²) in [6.45, 7) is 3.00. The van der Waals surface area contributed by atoms with Gasteiger partial charge in [0.05, 0.1) is 12.6 Å². The van der Waals surface area contributed by atoms with E-state index in [-0.39, 0.29) is 17.9 Å². The molecule has 1 aliphatic heterocycles. The lowest BCUT2D eigenvalue weighted by Crippen LogP contribution is -2.38. The van der Waals surface area contributed by atoms with Gasteiger partial charge in [0.2, 0.25) is 5.28 Å². The van der Waals surface area contributed by atoms with Crippen molar-refractivity contribution >= 4 is 17.4 Å². The molecule has 1 aromatic heterocycles. The molecule has 94 valence electrons. The molecule has 1 unspecified atom stereocenters. The molecule has 1 fully saturated rings. The summed E-state index contributed by atoms with van der Waals surface area (Å²) in [5.74, 6) is 0.837. The maximum absolute atomic E-state index is 9.47. The molecule has 5 heteroatoms. The number of aliphatic hydroxyl groups excluding tert-OH is 1. The molecule has 1 saturated heterocycles. The number of hydrogen-bond donors (Lipinski definition) is 1. The van der Waals surface area contributed by atoms with Crippen molar-refractivity contribution in [2.45, 2.75) is 38.6 Å². The standard InChI is InChI=1S/C12H18ClN3O/c1-9-7-11(15-12(13)14-9)16-6-4-2-3-5-10(16)8-17/h7,10,17H,2-6,8H2,1H3. The van der Waals surface area contributed by atoms with Gasteiger partial charge >= 0.3 is 0 Å². The predicted molar refractivity (Wildman–Crippen MR) is 68.5 cm³/mol. The summed E-state index contributed by atoms with van der Waals surface area (Å²) in [7, 11) is 0. The minimum atomic E-state index is 0.155. The molecule has 0 aliphatic carbocycles. The van der Waals surface area contributed by atoms with Crippen molar-refractivity contribution in [2.24, 2.45) is 0 Å². The molecule has 1 atom stereocenters. The molecule has 17 heavy (non-hydrogen) atoms. The Labute approximate surface area is 107 Å². The Bertz CT molecular complexity index is 366. The molecule has 4 nitrogen and oxygen atoms in total. The van der Waals surface area contributed by atoms with Crippen molar-refractivity contribution in [3.8, 4) is 0 Å². The van der Waals surface area contributed by atoms with Crippen LogP contribution in [0.15, 0.2) is 6.07 Å². The molecular weight excluding hydrogens is 238 g/mol. The van der Waals surface area contributed by atoms with Crippen LogP contribution < -0.4 is 4.90 Å². The van der Waals surface area contributed by atoms with E-state index in [1.54, 1.807) is 0 Å². The summed E-state index contributed by atoms with van der Waals surface area (Å²) in [5.41, 5.74) is 0.862. The third-order valence-electron chi connectivity index (χ3n) is 3.20. The topological polar surface area (TPSA) is 49.2 Å². The molecule has 0 amide bonds. The molecule has 1 N–H and O–H groups in total. The fourth-order valence-corrected chi connectivity index (χ4v) is 2.55. The summed E-state index contributed by atoms with van der Waals surface area (Å²) in [6, 6.07) is 2.09. The fraction of sp³-hybridized carbons (Fsp3) is 0.667. The van der Waals surface area contributed by atoms with Crippen LogP contribution in [0.5, 0.6) is 0 Å². The lowest BCUT2D eigenvalue weighted by atomic mass is 10.1. The van der Waals surface area contributed by atoms with Crippen molar-refractivity contribution in [3.05, 3.63) is 17.0 Å². The molecule has 0 aromatic carbocycles. The zero-order valence-electron chi connectivity index (χ0n) is 10.1. The third-order valence-corrected chi connectivity index (χ3v) is 3.36. The smallest absolute Gasteiger partial charge is 0.224 e. The maximum atomic E-state index is 9.47. The van der Waals surface area contributed by atoms with E-state index in [4.69, 9.17) is 11.6 Å². The van der Waals surface area contributed by atoms with E-state index in [1.165, 1.54) is 12.8 Å². The zero-order chi connectivity index (χ0) is 12.3. The van der Waals surface area contributed by atoms with Gasteiger partial charge in [-0.15, -0.1) is 0 Å². The van der Waals surface area contributed by atoms with E-state index in [0.29, 0.717) is 0 Å². The van der Waals surface area contributed by atoms with Crippen molar-refractivity contribution in [1.82, 2.24) is 9.97 Å². The Balaban J connectivity index is 2.27. The quantitative estimate of drug-likeness (QED) is 0.823. The van der Waals surface area contributed by atoms with Gasteiger partial charge in [0.25, 0.3) is 0 Å². The Kier molecular flexibility index (Phi) is 4.18. The SMILES string of the molecule is Cc1cc(N2CCCCCC2CO)nc(Cl)n1. The third kappa shape index (κ3) is 3.07. The number of nitrogens with zero attached hydrogens (tertiary/aromatic N) is 3. The van der Waals surface area contributed by atoms with E-state index in [1.807, 2.05) is 13.0 Å². The molecule has 2 heterocycles. The van der Waals surface area contributed by atoms with Gasteiger partial charge in [0, 0.05) is 18.3 Å². The van der Waals surface area contributed by atoms with Gasteiger partial charge in [-0.3, -0.25) is 0 Å². The van der Waals surface area contributed by atoms with Crippen molar-refractivity contribution in [1.29, 1.82) is 0 Å². The van der Waals surface area contributed by atoms with E-state index in [2.05, 4.69) is 14.9 Å². The number of hydrogen-bond acceptors (Lipinski definition) is 4. The minimum Gasteiger partial charge on any atom is -0.394 e. The van der Waals surface area contributed by atoms with Crippen LogP contribution in [0.4, 0.5) is 5.82 Å². The Morgan fingerprint density at radius 2 is 2.24 bits per heavy atom. The number of halogens is 1. The summed E-state index contributed by atoms with van der Waals surface area (Å²) < 4.78 is 0. The predicted octanol–water partition coefficient (Wildman–Crippen LogP) is 2.18. The van der Waals surface area contributed by atoms with Crippen LogP contribution in [0.2, 0.25) is 5.28 Å². The van der Waals surface area contributed by atoms with Crippen LogP contribution in [0.25, 0.3) is 0 Å². The summed E-state index contributed by atoms with van der Waals surface area (Å²) in [6.07, 6.45) is 4.53. The highest BCUT2D eigenvalue weighted by Crippen LogP contribution is 2.23. The second kappa shape index (κ2) is 5.65. The number of aromatic nitrogens is 2. The van der Waals surface area contributed by atoms with E-state index >= 15 is 0 Å². The summed E-state index contributed by atoms with van der Waals surface area (Å²) in [5, 5.41) is 9.75. The highest BCUT2D eigenvalue weighted by atomic mass is 35.5. The van der Waals surface area contributed by atoms with E-state index < -0.39 is 0 Å². The monoisotopic (exact) mass is 255 g/mol. The Hall–Kier alpha value is -0.870. The number of anilines is 1. The highest BCUT2D eigenvalue weighted by Gasteiger charge is 2.22. The van der Waals surface area contributed by atoms with E-state index in [9.17, 15) is 5.11 Å². The average Bonchev–Trinajstić information content (AvgIpc) is 2.52. The molecule has 0 spiro atoms. The van der Waals surface area contributed by atoms with Gasteiger partial charge < -0.3 is 10.0 Å². The second-order valence-corrected chi connectivity index (χ2v) is 4.85. The number of rotatable bonds is 2. The first-order valence-corrected chi connectivity index (χ1v) is 6.47. The first-order valence-electron chi connectivity index (χ1n) is 6.09. The Morgan fingerprint density at radius 3 is 2.94 bits per heavy atom. The van der Waals surface area contributed by atoms with Crippen LogP contribution in [-0.2, 0) is 0 Å². The first kappa shape index (κ1) is 12.6. The van der Waals surface area contributed by atoms with Crippen LogP contribution in [0.3, 0.4) is 0 Å². The highest BCUT2D eigenvalue weighted by molar-refractivity contribution is 6.28. The maximum Gasteiger partial charge on any atom is 0.224 e. The van der Waals surface area contributed by atoms with Crippen LogP contribution >= 0.6 is 11.6 Å². The van der Waals surface area contributed by atoms with E-state index in [0.717, 1.165) is 30.9 Å². The lowest BCUT2D eigenvalue weighted by molar-refractivity contribution is 0.254. The largest absolute Gasteiger partial charge is 0.394 e. The molecule has 0 radical (unpaired) electrons. The summed E-state index contributed by atoms with van der Waals surface area (Å²) >= 11 is 5.89. The van der Waals surface area contributed by atoms with Gasteiger partial charge in [-0.2, -0.15) is 0 Å². The molecular formula is C12H18ClN3O. The van der Waals surface area contributed by atoms with Crippen molar-refractivity contribution in [2.75, 3.05) is 18.1 Å². The van der Waals surface area contributed by atoms with Gasteiger partial charge in [-0.05, 0) is 31.4 Å². The summed E-state index contributed by atoms with van der Waals surface area (Å²) in [4.78, 5) is 10.5. The first-order chi connectivity index (χ1) is 8.20. The minimum absolute atomic E-state index is 0.155. The normalized spacial score (nSPS) is 21.4. The van der Waals surface area contributed by atoms with Crippen LogP contribution in [0.1, 0.15) is 31.4 Å². The molecule has 2 rings (SSSR count). The lowest BCUT2D eigenvalue weighted by Gasteiger charge is -2.29. The molecule has 1 aromatic rings. The number of aliphatic hydroxyl groups is 1. The van der Waals surface area contributed by atoms with Crippen molar-refractivity contribution < 1.29 is 5.11 Å². The van der Waals surface area contributed by atoms with Gasteiger partial charge in [0.1, 0.15) is 5.82 Å². The average molecular weight is 256 g/mol. The Morgan fingerprint density at radius 1 is 1.41 bits per heavy atom. The second-order valence-electron chi connectivity index (χ2n) is 4.52. The molecule has 0 saturated carbocycles. The fourth-order valence-electron chi connectivity index (χ4n) is 2.33. The van der Waals surface area contributed by atoms with Crippen LogP contribution in [-0.4, -0.2) is 34.3 Å². The van der Waals surface area contributed by atoms with Crippen LogP contribution in [0, 0.1) is 6.92 Å². The van der Waals surface area contributed by atoms with Gasteiger partial charge in [0.15, 0.2) is 0 Å². The number of aryl methyl sites for hydroxylation is 1. The molecule has 0 bridgehead atoms. The van der Waals surface area contributed by atoms with Crippen molar-refractivity contribution in [3.63, 3.8) is 0 Å². The zero-order valence-corrected chi connectivity index (χ0v) is 10.8.